The fraction of sp³-hybridized carbons (Fsp3) is 0.471. The third kappa shape index (κ3) is 3.60. The van der Waals surface area contributed by atoms with Crippen LogP contribution in [0.15, 0.2) is 18.2 Å². The summed E-state index contributed by atoms with van der Waals surface area (Å²) in [6, 6.07) is 3.32. The van der Waals surface area contributed by atoms with Crippen LogP contribution < -0.4 is 0 Å². The summed E-state index contributed by atoms with van der Waals surface area (Å²) in [5.74, 6) is 0.0805. The van der Waals surface area contributed by atoms with Gasteiger partial charge in [-0.2, -0.15) is 5.10 Å². The molecule has 2 heterocycles. The highest BCUT2D eigenvalue weighted by Crippen LogP contribution is 2.29. The number of hydrogen-bond donors (Lipinski definition) is 1. The maximum Gasteiger partial charge on any atom is 0.223 e. The smallest absolute Gasteiger partial charge is 0.223 e. The minimum absolute atomic E-state index is 0.0501. The van der Waals surface area contributed by atoms with Crippen LogP contribution in [0.2, 0.25) is 0 Å². The Morgan fingerprint density at radius 1 is 1.38 bits per heavy atom. The van der Waals surface area contributed by atoms with Crippen LogP contribution in [-0.4, -0.2) is 32.5 Å². The minimum atomic E-state index is -0.612. The van der Waals surface area contributed by atoms with E-state index in [0.29, 0.717) is 17.9 Å². The van der Waals surface area contributed by atoms with Crippen molar-refractivity contribution in [2.45, 2.75) is 45.1 Å². The highest BCUT2D eigenvalue weighted by Gasteiger charge is 2.30. The Bertz CT molecular complexity index is 731. The lowest BCUT2D eigenvalue weighted by Crippen LogP contribution is -2.39. The second-order valence-corrected chi connectivity index (χ2v) is 6.11. The van der Waals surface area contributed by atoms with Crippen LogP contribution in [0, 0.1) is 18.6 Å². The second kappa shape index (κ2) is 7.07. The predicted molar refractivity (Wildman–Crippen MR) is 84.1 cm³/mol. The number of carbonyl (C=O) groups excluding carboxylic acids is 1. The lowest BCUT2D eigenvalue weighted by molar-refractivity contribution is -0.135. The number of aromatic nitrogens is 3. The molecular weight excluding hydrogens is 314 g/mol. The zero-order valence-corrected chi connectivity index (χ0v) is 13.6. The summed E-state index contributed by atoms with van der Waals surface area (Å²) in [6.45, 7) is 2.48. The molecule has 1 aliphatic heterocycles. The topological polar surface area (TPSA) is 61.9 Å². The summed E-state index contributed by atoms with van der Waals surface area (Å²) in [4.78, 5) is 18.7. The number of aromatic amines is 1. The number of H-pyrrole nitrogens is 1. The van der Waals surface area contributed by atoms with Gasteiger partial charge in [-0.1, -0.05) is 6.07 Å². The van der Waals surface area contributed by atoms with Crippen molar-refractivity contribution in [3.63, 3.8) is 0 Å². The molecule has 24 heavy (non-hydrogen) atoms. The van der Waals surface area contributed by atoms with E-state index in [4.69, 9.17) is 0 Å². The van der Waals surface area contributed by atoms with E-state index in [2.05, 4.69) is 15.2 Å². The Morgan fingerprint density at radius 2 is 2.21 bits per heavy atom. The third-order valence-corrected chi connectivity index (χ3v) is 4.36. The first-order chi connectivity index (χ1) is 11.5. The summed E-state index contributed by atoms with van der Waals surface area (Å²) in [7, 11) is 0. The first kappa shape index (κ1) is 16.5. The van der Waals surface area contributed by atoms with Crippen molar-refractivity contribution in [2.75, 3.05) is 6.54 Å². The van der Waals surface area contributed by atoms with Crippen LogP contribution >= 0.6 is 0 Å². The van der Waals surface area contributed by atoms with Gasteiger partial charge in [-0.3, -0.25) is 9.89 Å². The molecule has 1 fully saturated rings. The molecule has 128 valence electrons. The minimum Gasteiger partial charge on any atom is -0.332 e. The maximum atomic E-state index is 13.7. The number of likely N-dealkylation sites (tertiary alicyclic amines) is 1. The van der Waals surface area contributed by atoms with Crippen molar-refractivity contribution < 1.29 is 13.6 Å². The molecular formula is C17H20F2N4O. The lowest BCUT2D eigenvalue weighted by atomic mass is 10.00. The van der Waals surface area contributed by atoms with E-state index >= 15 is 0 Å². The van der Waals surface area contributed by atoms with Crippen LogP contribution in [-0.2, 0) is 11.2 Å². The monoisotopic (exact) mass is 334 g/mol. The zero-order valence-electron chi connectivity index (χ0n) is 13.6. The van der Waals surface area contributed by atoms with Crippen LogP contribution in [0.1, 0.15) is 48.9 Å². The normalized spacial score (nSPS) is 18.0. The Kier molecular flexibility index (Phi) is 4.87. The van der Waals surface area contributed by atoms with E-state index in [1.807, 2.05) is 6.92 Å². The molecule has 3 rings (SSSR count). The van der Waals surface area contributed by atoms with Crippen molar-refractivity contribution in [1.29, 1.82) is 0 Å². The summed E-state index contributed by atoms with van der Waals surface area (Å²) in [5.41, 5.74) is 0.354. The Hall–Kier alpha value is -2.31. The maximum absolute atomic E-state index is 13.7. The molecule has 1 aromatic carbocycles. The molecule has 7 heteroatoms. The molecule has 0 aliphatic carbocycles. The van der Waals surface area contributed by atoms with Gasteiger partial charge in [0, 0.05) is 19.0 Å². The number of piperidine rings is 1. The van der Waals surface area contributed by atoms with E-state index in [1.54, 1.807) is 4.90 Å². The van der Waals surface area contributed by atoms with Gasteiger partial charge in [-0.25, -0.2) is 13.8 Å². The molecule has 1 aliphatic rings. The standard InChI is InChI=1S/C17H20F2N4O/c1-11-20-17(22-21-11)15-4-2-3-9-23(15)16(24)8-6-12-5-7-13(18)10-14(12)19/h5,7,10,15H,2-4,6,8-9H2,1H3,(H,20,21,22)/t15-/m1/s1. The van der Waals surface area contributed by atoms with E-state index < -0.39 is 11.6 Å². The SMILES string of the molecule is Cc1nc([C@H]2CCCCN2C(=O)CCc2ccc(F)cc2F)n[nH]1. The first-order valence-corrected chi connectivity index (χ1v) is 8.17. The Balaban J connectivity index is 1.68. The van der Waals surface area contributed by atoms with Crippen molar-refractivity contribution in [3.8, 4) is 0 Å². The van der Waals surface area contributed by atoms with Gasteiger partial charge in [-0.05, 0) is 44.2 Å². The third-order valence-electron chi connectivity index (χ3n) is 4.36. The fourth-order valence-corrected chi connectivity index (χ4v) is 3.12. The summed E-state index contributed by atoms with van der Waals surface area (Å²) >= 11 is 0. The van der Waals surface area contributed by atoms with Crippen LogP contribution in [0.5, 0.6) is 0 Å². The van der Waals surface area contributed by atoms with Gasteiger partial charge in [-0.15, -0.1) is 0 Å². The predicted octanol–water partition coefficient (Wildman–Crippen LogP) is 3.08. The second-order valence-electron chi connectivity index (χ2n) is 6.11. The number of nitrogens with zero attached hydrogens (tertiary/aromatic N) is 3. The number of carbonyl (C=O) groups is 1. The Labute approximate surface area is 139 Å². The lowest BCUT2D eigenvalue weighted by Gasteiger charge is -2.34. The van der Waals surface area contributed by atoms with Crippen LogP contribution in [0.3, 0.4) is 0 Å². The number of hydrogen-bond acceptors (Lipinski definition) is 3. The molecule has 1 amide bonds. The van der Waals surface area contributed by atoms with Crippen molar-refractivity contribution in [1.82, 2.24) is 20.1 Å². The quantitative estimate of drug-likeness (QED) is 0.935. The van der Waals surface area contributed by atoms with E-state index in [9.17, 15) is 13.6 Å². The molecule has 5 nitrogen and oxygen atoms in total. The molecule has 1 aromatic heterocycles. The van der Waals surface area contributed by atoms with Gasteiger partial charge in [0.05, 0.1) is 6.04 Å². The van der Waals surface area contributed by atoms with Crippen molar-refractivity contribution in [3.05, 3.63) is 47.0 Å². The molecule has 2 aromatic rings. The fourth-order valence-electron chi connectivity index (χ4n) is 3.12. The van der Waals surface area contributed by atoms with E-state index in [1.165, 1.54) is 12.1 Å². The molecule has 1 saturated heterocycles. The van der Waals surface area contributed by atoms with E-state index in [0.717, 1.165) is 31.2 Å². The summed E-state index contributed by atoms with van der Waals surface area (Å²) in [5, 5.41) is 6.99. The Morgan fingerprint density at radius 3 is 2.92 bits per heavy atom. The number of halogens is 2. The largest absolute Gasteiger partial charge is 0.332 e. The first-order valence-electron chi connectivity index (χ1n) is 8.17. The molecule has 1 N–H and O–H groups in total. The van der Waals surface area contributed by atoms with Gasteiger partial charge in [0.25, 0.3) is 0 Å². The molecule has 0 bridgehead atoms. The molecule has 0 saturated carbocycles. The zero-order chi connectivity index (χ0) is 17.1. The van der Waals surface area contributed by atoms with Crippen LogP contribution in [0.25, 0.3) is 0 Å². The molecule has 0 radical (unpaired) electrons. The number of benzene rings is 1. The highest BCUT2D eigenvalue weighted by molar-refractivity contribution is 5.77. The number of nitrogens with one attached hydrogen (secondary N) is 1. The van der Waals surface area contributed by atoms with Gasteiger partial charge < -0.3 is 4.90 Å². The van der Waals surface area contributed by atoms with Crippen LogP contribution in [0.4, 0.5) is 8.78 Å². The number of amides is 1. The van der Waals surface area contributed by atoms with E-state index in [-0.39, 0.29) is 24.8 Å². The molecule has 0 unspecified atom stereocenters. The number of aryl methyl sites for hydroxylation is 2. The molecule has 1 atom stereocenters. The van der Waals surface area contributed by atoms with Crippen molar-refractivity contribution >= 4 is 5.91 Å². The average Bonchev–Trinajstić information content (AvgIpc) is 3.00. The van der Waals surface area contributed by atoms with Gasteiger partial charge in [0.1, 0.15) is 17.5 Å². The number of rotatable bonds is 4. The van der Waals surface area contributed by atoms with Gasteiger partial charge in [0.2, 0.25) is 5.91 Å². The van der Waals surface area contributed by atoms with Crippen molar-refractivity contribution in [2.24, 2.45) is 0 Å². The highest BCUT2D eigenvalue weighted by atomic mass is 19.1. The molecule has 0 spiro atoms. The summed E-state index contributed by atoms with van der Waals surface area (Å²) < 4.78 is 26.6. The van der Waals surface area contributed by atoms with Gasteiger partial charge >= 0.3 is 0 Å². The van der Waals surface area contributed by atoms with Gasteiger partial charge in [0.15, 0.2) is 5.82 Å². The average molecular weight is 334 g/mol. The summed E-state index contributed by atoms with van der Waals surface area (Å²) in [6.07, 6.45) is 3.22.